The SMILES string of the molecule is CC/C=C\CCCN(C)O. The van der Waals surface area contributed by atoms with Gasteiger partial charge in [0.15, 0.2) is 0 Å². The van der Waals surface area contributed by atoms with E-state index in [9.17, 15) is 0 Å². The molecule has 0 spiro atoms. The topological polar surface area (TPSA) is 23.5 Å². The van der Waals surface area contributed by atoms with Crippen molar-refractivity contribution in [3.8, 4) is 0 Å². The van der Waals surface area contributed by atoms with Crippen molar-refractivity contribution in [2.24, 2.45) is 0 Å². The van der Waals surface area contributed by atoms with Gasteiger partial charge in [0.1, 0.15) is 0 Å². The van der Waals surface area contributed by atoms with Gasteiger partial charge in [-0.3, -0.25) is 0 Å². The zero-order valence-electron chi connectivity index (χ0n) is 6.88. The standard InChI is InChI=1S/C8H17NO/c1-3-4-5-6-7-8-9(2)10/h4-5,10H,3,6-8H2,1-2H3/b5-4-. The minimum Gasteiger partial charge on any atom is -0.314 e. The highest BCUT2D eigenvalue weighted by Crippen LogP contribution is 1.92. The van der Waals surface area contributed by atoms with E-state index < -0.39 is 0 Å². The van der Waals surface area contributed by atoms with E-state index in [1.165, 1.54) is 5.06 Å². The van der Waals surface area contributed by atoms with Gasteiger partial charge in [0.2, 0.25) is 0 Å². The number of hydrogen-bond acceptors (Lipinski definition) is 2. The number of hydrogen-bond donors (Lipinski definition) is 1. The van der Waals surface area contributed by atoms with E-state index in [0.717, 1.165) is 25.8 Å². The van der Waals surface area contributed by atoms with Crippen LogP contribution in [-0.4, -0.2) is 23.9 Å². The Balaban J connectivity index is 2.97. The molecular weight excluding hydrogens is 126 g/mol. The van der Waals surface area contributed by atoms with Crippen molar-refractivity contribution >= 4 is 0 Å². The number of rotatable bonds is 5. The first-order valence-electron chi connectivity index (χ1n) is 3.82. The highest BCUT2D eigenvalue weighted by molar-refractivity contribution is 4.79. The van der Waals surface area contributed by atoms with E-state index in [1.807, 2.05) is 0 Å². The second-order valence-corrected chi connectivity index (χ2v) is 2.40. The molecule has 0 radical (unpaired) electrons. The predicted molar refractivity (Wildman–Crippen MR) is 43.1 cm³/mol. The summed E-state index contributed by atoms with van der Waals surface area (Å²) in [6.07, 6.45) is 7.51. The molecule has 2 heteroatoms. The molecule has 0 aromatic rings. The van der Waals surface area contributed by atoms with E-state index in [0.29, 0.717) is 0 Å². The second-order valence-electron chi connectivity index (χ2n) is 2.40. The first-order valence-corrected chi connectivity index (χ1v) is 3.82. The molecule has 60 valence electrons. The van der Waals surface area contributed by atoms with Gasteiger partial charge in [0.25, 0.3) is 0 Å². The molecule has 0 fully saturated rings. The molecule has 0 saturated heterocycles. The van der Waals surface area contributed by atoms with Crippen LogP contribution in [0.15, 0.2) is 12.2 Å². The van der Waals surface area contributed by atoms with Crippen molar-refractivity contribution in [1.29, 1.82) is 0 Å². The summed E-state index contributed by atoms with van der Waals surface area (Å²) in [5.74, 6) is 0. The Kier molecular flexibility index (Phi) is 6.55. The smallest absolute Gasteiger partial charge is 0.0237 e. The number of nitrogens with zero attached hydrogens (tertiary/aromatic N) is 1. The molecule has 0 atom stereocenters. The van der Waals surface area contributed by atoms with Crippen LogP contribution in [0, 0.1) is 0 Å². The van der Waals surface area contributed by atoms with E-state index in [-0.39, 0.29) is 0 Å². The van der Waals surface area contributed by atoms with Crippen molar-refractivity contribution in [2.75, 3.05) is 13.6 Å². The van der Waals surface area contributed by atoms with Crippen molar-refractivity contribution in [3.63, 3.8) is 0 Å². The Morgan fingerprint density at radius 1 is 1.40 bits per heavy atom. The predicted octanol–water partition coefficient (Wildman–Crippen LogP) is 2.05. The summed E-state index contributed by atoms with van der Waals surface area (Å²) in [6, 6.07) is 0. The van der Waals surface area contributed by atoms with Crippen LogP contribution in [0.3, 0.4) is 0 Å². The van der Waals surface area contributed by atoms with Crippen molar-refractivity contribution < 1.29 is 5.21 Å². The average molecular weight is 143 g/mol. The normalized spacial score (nSPS) is 11.6. The molecule has 0 aliphatic heterocycles. The van der Waals surface area contributed by atoms with E-state index in [1.54, 1.807) is 7.05 Å². The van der Waals surface area contributed by atoms with Crippen molar-refractivity contribution in [2.45, 2.75) is 26.2 Å². The van der Waals surface area contributed by atoms with Gasteiger partial charge >= 0.3 is 0 Å². The van der Waals surface area contributed by atoms with Gasteiger partial charge in [-0.2, -0.15) is 5.06 Å². The van der Waals surface area contributed by atoms with Crippen molar-refractivity contribution in [1.82, 2.24) is 5.06 Å². The fraction of sp³-hybridized carbons (Fsp3) is 0.750. The Morgan fingerprint density at radius 2 is 2.10 bits per heavy atom. The monoisotopic (exact) mass is 143 g/mol. The lowest BCUT2D eigenvalue weighted by Gasteiger charge is -2.04. The maximum Gasteiger partial charge on any atom is 0.0237 e. The molecule has 0 aromatic heterocycles. The van der Waals surface area contributed by atoms with Crippen LogP contribution >= 0.6 is 0 Å². The number of hydroxylamine groups is 2. The first-order chi connectivity index (χ1) is 4.77. The lowest BCUT2D eigenvalue weighted by molar-refractivity contribution is -0.0649. The minimum absolute atomic E-state index is 0.758. The van der Waals surface area contributed by atoms with E-state index in [2.05, 4.69) is 19.1 Å². The maximum atomic E-state index is 8.72. The summed E-state index contributed by atoms with van der Waals surface area (Å²) in [4.78, 5) is 0. The lowest BCUT2D eigenvalue weighted by atomic mass is 10.3. The zero-order chi connectivity index (χ0) is 7.82. The molecule has 10 heavy (non-hydrogen) atoms. The largest absolute Gasteiger partial charge is 0.314 e. The van der Waals surface area contributed by atoms with Crippen LogP contribution in [0.4, 0.5) is 0 Å². The van der Waals surface area contributed by atoms with Crippen LogP contribution in [0.5, 0.6) is 0 Å². The molecule has 0 aromatic carbocycles. The Morgan fingerprint density at radius 3 is 2.60 bits per heavy atom. The summed E-state index contributed by atoms with van der Waals surface area (Å²) in [6.45, 7) is 2.88. The molecule has 0 aliphatic rings. The van der Waals surface area contributed by atoms with Crippen LogP contribution in [0.25, 0.3) is 0 Å². The Hall–Kier alpha value is -0.340. The van der Waals surface area contributed by atoms with Gasteiger partial charge in [0, 0.05) is 13.6 Å². The highest BCUT2D eigenvalue weighted by atomic mass is 16.5. The molecule has 0 bridgehead atoms. The molecule has 0 rings (SSSR count). The van der Waals surface area contributed by atoms with Gasteiger partial charge < -0.3 is 5.21 Å². The van der Waals surface area contributed by atoms with Gasteiger partial charge in [0.05, 0.1) is 0 Å². The molecule has 1 N–H and O–H groups in total. The van der Waals surface area contributed by atoms with Crippen LogP contribution in [0.2, 0.25) is 0 Å². The Labute approximate surface area is 63.1 Å². The fourth-order valence-electron chi connectivity index (χ4n) is 0.722. The molecule has 0 unspecified atom stereocenters. The highest BCUT2D eigenvalue weighted by Gasteiger charge is 1.87. The molecule has 2 nitrogen and oxygen atoms in total. The number of unbranched alkanes of at least 4 members (excludes halogenated alkanes) is 1. The molecule has 0 heterocycles. The van der Waals surface area contributed by atoms with Crippen LogP contribution in [0.1, 0.15) is 26.2 Å². The van der Waals surface area contributed by atoms with Gasteiger partial charge in [-0.25, -0.2) is 0 Å². The Bertz CT molecular complexity index is 89.3. The average Bonchev–Trinajstić information content (AvgIpc) is 1.87. The number of allylic oxidation sites excluding steroid dienone is 2. The zero-order valence-corrected chi connectivity index (χ0v) is 6.88. The van der Waals surface area contributed by atoms with Crippen LogP contribution in [-0.2, 0) is 0 Å². The summed E-state index contributed by atoms with van der Waals surface area (Å²) in [5, 5.41) is 9.94. The van der Waals surface area contributed by atoms with Crippen molar-refractivity contribution in [3.05, 3.63) is 12.2 Å². The second kappa shape index (κ2) is 6.78. The van der Waals surface area contributed by atoms with Gasteiger partial charge in [-0.1, -0.05) is 19.1 Å². The fourth-order valence-corrected chi connectivity index (χ4v) is 0.722. The molecule has 0 aliphatic carbocycles. The van der Waals surface area contributed by atoms with Crippen LogP contribution < -0.4 is 0 Å². The molecular formula is C8H17NO. The third-order valence-corrected chi connectivity index (χ3v) is 1.25. The van der Waals surface area contributed by atoms with E-state index in [4.69, 9.17) is 5.21 Å². The quantitative estimate of drug-likeness (QED) is 0.362. The summed E-state index contributed by atoms with van der Waals surface area (Å²) >= 11 is 0. The lowest BCUT2D eigenvalue weighted by Crippen LogP contribution is -2.13. The summed E-state index contributed by atoms with van der Waals surface area (Å²) in [7, 11) is 1.67. The molecule has 0 saturated carbocycles. The van der Waals surface area contributed by atoms with Gasteiger partial charge in [-0.15, -0.1) is 0 Å². The third-order valence-electron chi connectivity index (χ3n) is 1.25. The summed E-state index contributed by atoms with van der Waals surface area (Å²) in [5.41, 5.74) is 0. The molecule has 0 amide bonds. The minimum atomic E-state index is 0.758. The summed E-state index contributed by atoms with van der Waals surface area (Å²) < 4.78 is 0. The maximum absolute atomic E-state index is 8.72. The van der Waals surface area contributed by atoms with Gasteiger partial charge in [-0.05, 0) is 19.3 Å². The first kappa shape index (κ1) is 9.66. The third kappa shape index (κ3) is 7.66. The van der Waals surface area contributed by atoms with E-state index >= 15 is 0 Å².